The number of nitrogens with one attached hydrogen (secondary N) is 1. The van der Waals surface area contributed by atoms with Gasteiger partial charge in [-0.15, -0.1) is 0 Å². The molecule has 1 saturated heterocycles. The molecule has 0 saturated carbocycles. The summed E-state index contributed by atoms with van der Waals surface area (Å²) < 4.78 is 6.25. The van der Waals surface area contributed by atoms with E-state index in [0.29, 0.717) is 25.4 Å². The van der Waals surface area contributed by atoms with Gasteiger partial charge in [0.2, 0.25) is 0 Å². The quantitative estimate of drug-likeness (QED) is 0.505. The van der Waals surface area contributed by atoms with E-state index in [1.165, 1.54) is 4.90 Å². The second kappa shape index (κ2) is 7.88. The molecule has 1 heterocycles. The number of benzene rings is 1. The largest absolute Gasteiger partial charge is 0.465 e. The van der Waals surface area contributed by atoms with E-state index in [9.17, 15) is 9.90 Å². The average Bonchev–Trinajstić information content (AvgIpc) is 3.00. The summed E-state index contributed by atoms with van der Waals surface area (Å²) in [7, 11) is -1.79. The van der Waals surface area contributed by atoms with Gasteiger partial charge in [-0.1, -0.05) is 26.8 Å². The number of likely N-dealkylation sites (tertiary alicyclic amines) is 1. The number of nitrogens with zero attached hydrogens (tertiary/aromatic N) is 1. The Balaban J connectivity index is 1.94. The number of nitrogens with two attached hydrogens (primary N) is 1. The van der Waals surface area contributed by atoms with Crippen LogP contribution < -0.4 is 11.1 Å². The molecule has 1 aromatic rings. The molecule has 1 fully saturated rings. The van der Waals surface area contributed by atoms with Crippen LogP contribution in [0, 0.1) is 0 Å². The smallest absolute Gasteiger partial charge is 0.407 e. The van der Waals surface area contributed by atoms with Gasteiger partial charge in [0, 0.05) is 13.1 Å². The van der Waals surface area contributed by atoms with Gasteiger partial charge in [0.05, 0.1) is 24.0 Å². The van der Waals surface area contributed by atoms with E-state index in [4.69, 9.17) is 10.2 Å². The molecule has 1 unspecified atom stereocenters. The zero-order valence-electron chi connectivity index (χ0n) is 16.6. The highest BCUT2D eigenvalue weighted by Crippen LogP contribution is 2.37. The summed E-state index contributed by atoms with van der Waals surface area (Å²) in [5.74, 6) is 0. The summed E-state index contributed by atoms with van der Waals surface area (Å²) in [6.07, 6.45) is 0.954. The van der Waals surface area contributed by atoms with Crippen LogP contribution in [0.3, 0.4) is 0 Å². The predicted octanol–water partition coefficient (Wildman–Crippen LogP) is 4.34. The molecule has 0 spiro atoms. The molecular formula is C19H33N3O3Si. The van der Waals surface area contributed by atoms with E-state index >= 15 is 0 Å². The van der Waals surface area contributed by atoms with Crippen LogP contribution in [0.4, 0.5) is 16.2 Å². The third-order valence-electron chi connectivity index (χ3n) is 5.67. The van der Waals surface area contributed by atoms with Crippen molar-refractivity contribution in [2.75, 3.05) is 24.1 Å². The lowest BCUT2D eigenvalue weighted by Gasteiger charge is -2.36. The van der Waals surface area contributed by atoms with Crippen LogP contribution in [0.5, 0.6) is 0 Å². The molecule has 7 heteroatoms. The zero-order valence-corrected chi connectivity index (χ0v) is 17.6. The molecule has 146 valence electrons. The number of nitrogen functional groups attached to an aromatic ring is 1. The van der Waals surface area contributed by atoms with Crippen molar-refractivity contribution >= 4 is 25.8 Å². The number of amides is 1. The molecule has 0 radical (unpaired) electrons. The van der Waals surface area contributed by atoms with Crippen LogP contribution in [0.15, 0.2) is 18.2 Å². The van der Waals surface area contributed by atoms with Gasteiger partial charge in [0.15, 0.2) is 8.32 Å². The number of carboxylic acid groups (broad SMARTS) is 1. The Hall–Kier alpha value is -1.73. The molecule has 26 heavy (non-hydrogen) atoms. The van der Waals surface area contributed by atoms with Crippen molar-refractivity contribution in [2.45, 2.75) is 64.4 Å². The van der Waals surface area contributed by atoms with Crippen LogP contribution in [-0.2, 0) is 11.0 Å². The molecule has 6 nitrogen and oxygen atoms in total. The molecule has 0 bridgehead atoms. The van der Waals surface area contributed by atoms with Gasteiger partial charge in [-0.05, 0) is 48.7 Å². The SMILES string of the molecule is CC(C)(C)[Si](C)(C)OCc1ccc(NCC2CCCN2C(=O)O)c(N)c1. The first-order valence-electron chi connectivity index (χ1n) is 9.27. The second-order valence-corrected chi connectivity index (χ2v) is 13.4. The van der Waals surface area contributed by atoms with Crippen molar-refractivity contribution in [3.05, 3.63) is 23.8 Å². The van der Waals surface area contributed by atoms with Crippen molar-refractivity contribution in [3.63, 3.8) is 0 Å². The minimum atomic E-state index is -1.79. The Morgan fingerprint density at radius 2 is 2.12 bits per heavy atom. The minimum Gasteiger partial charge on any atom is -0.465 e. The minimum absolute atomic E-state index is 0.00787. The molecule has 1 atom stereocenters. The fourth-order valence-electron chi connectivity index (χ4n) is 2.87. The highest BCUT2D eigenvalue weighted by atomic mass is 28.4. The summed E-state index contributed by atoms with van der Waals surface area (Å²) in [4.78, 5) is 12.7. The molecule has 0 aliphatic carbocycles. The van der Waals surface area contributed by atoms with E-state index < -0.39 is 14.4 Å². The van der Waals surface area contributed by atoms with Gasteiger partial charge in [-0.2, -0.15) is 0 Å². The van der Waals surface area contributed by atoms with Crippen LogP contribution >= 0.6 is 0 Å². The van der Waals surface area contributed by atoms with Crippen LogP contribution in [0.25, 0.3) is 0 Å². The molecule has 1 aromatic carbocycles. The maximum absolute atomic E-state index is 11.2. The molecular weight excluding hydrogens is 346 g/mol. The van der Waals surface area contributed by atoms with Crippen LogP contribution in [-0.4, -0.2) is 43.5 Å². The molecule has 1 amide bonds. The number of carbonyl (C=O) groups is 1. The van der Waals surface area contributed by atoms with Gasteiger partial charge in [-0.3, -0.25) is 0 Å². The predicted molar refractivity (Wildman–Crippen MR) is 109 cm³/mol. The first kappa shape index (κ1) is 20.6. The lowest BCUT2D eigenvalue weighted by molar-refractivity contribution is 0.142. The molecule has 2 rings (SSSR count). The molecule has 1 aliphatic rings. The first-order chi connectivity index (χ1) is 12.0. The fourth-order valence-corrected chi connectivity index (χ4v) is 3.83. The summed E-state index contributed by atoms with van der Waals surface area (Å²) in [5, 5.41) is 12.7. The summed E-state index contributed by atoms with van der Waals surface area (Å²) in [6.45, 7) is 12.9. The number of rotatable bonds is 6. The Morgan fingerprint density at radius 3 is 2.69 bits per heavy atom. The maximum atomic E-state index is 11.2. The number of hydrogen-bond acceptors (Lipinski definition) is 4. The molecule has 4 N–H and O–H groups in total. The van der Waals surface area contributed by atoms with E-state index in [1.54, 1.807) is 0 Å². The summed E-state index contributed by atoms with van der Waals surface area (Å²) in [5.41, 5.74) is 8.76. The van der Waals surface area contributed by atoms with Gasteiger partial charge in [0.1, 0.15) is 0 Å². The lowest BCUT2D eigenvalue weighted by Crippen LogP contribution is -2.40. The summed E-state index contributed by atoms with van der Waals surface area (Å²) >= 11 is 0. The third kappa shape index (κ3) is 4.91. The highest BCUT2D eigenvalue weighted by Gasteiger charge is 2.37. The third-order valence-corrected chi connectivity index (χ3v) is 10.2. The van der Waals surface area contributed by atoms with Crippen molar-refractivity contribution in [1.29, 1.82) is 0 Å². The monoisotopic (exact) mass is 379 g/mol. The Kier molecular flexibility index (Phi) is 6.23. The maximum Gasteiger partial charge on any atom is 0.407 e. The van der Waals surface area contributed by atoms with Gasteiger partial charge in [-0.25, -0.2) is 4.79 Å². The lowest BCUT2D eigenvalue weighted by atomic mass is 10.1. The van der Waals surface area contributed by atoms with E-state index in [0.717, 1.165) is 24.1 Å². The van der Waals surface area contributed by atoms with Crippen molar-refractivity contribution in [2.24, 2.45) is 0 Å². The van der Waals surface area contributed by atoms with E-state index in [2.05, 4.69) is 39.2 Å². The van der Waals surface area contributed by atoms with Crippen molar-refractivity contribution < 1.29 is 14.3 Å². The average molecular weight is 380 g/mol. The number of hydrogen-bond donors (Lipinski definition) is 3. The van der Waals surface area contributed by atoms with Crippen LogP contribution in [0.2, 0.25) is 18.1 Å². The normalized spacial score (nSPS) is 18.2. The second-order valence-electron chi connectivity index (χ2n) is 8.62. The number of anilines is 2. The topological polar surface area (TPSA) is 87.8 Å². The van der Waals surface area contributed by atoms with Gasteiger partial charge >= 0.3 is 6.09 Å². The Morgan fingerprint density at radius 1 is 1.42 bits per heavy atom. The van der Waals surface area contributed by atoms with E-state index in [-0.39, 0.29) is 11.1 Å². The zero-order chi connectivity index (χ0) is 19.5. The Bertz CT molecular complexity index is 643. The molecule has 1 aliphatic heterocycles. The fraction of sp³-hybridized carbons (Fsp3) is 0.632. The van der Waals surface area contributed by atoms with Gasteiger partial charge in [0.25, 0.3) is 0 Å². The highest BCUT2D eigenvalue weighted by molar-refractivity contribution is 6.74. The van der Waals surface area contributed by atoms with Crippen molar-refractivity contribution in [3.8, 4) is 0 Å². The van der Waals surface area contributed by atoms with Crippen molar-refractivity contribution in [1.82, 2.24) is 4.90 Å². The first-order valence-corrected chi connectivity index (χ1v) is 12.2. The summed E-state index contributed by atoms with van der Waals surface area (Å²) in [6, 6.07) is 5.93. The van der Waals surface area contributed by atoms with E-state index in [1.807, 2.05) is 18.2 Å². The standard InChI is InChI=1S/C19H33N3O3Si/c1-19(2,3)26(4,5)25-13-14-8-9-17(16(20)11-14)21-12-15-7-6-10-22(15)18(23)24/h8-9,11,15,21H,6-7,10,12-13,20H2,1-5H3,(H,23,24). The Labute approximate surface area is 157 Å². The van der Waals surface area contributed by atoms with Gasteiger partial charge < -0.3 is 25.5 Å². The molecule has 0 aromatic heterocycles. The van der Waals surface area contributed by atoms with Crippen LogP contribution in [0.1, 0.15) is 39.2 Å².